The van der Waals surface area contributed by atoms with Crippen molar-refractivity contribution in [2.75, 3.05) is 6.54 Å². The number of likely N-dealkylation sites (N-methyl/N-ethyl adjacent to an activating group) is 1. The molecule has 1 atom stereocenters. The SMILES string of the molecule is CCNC(Cc1cc(C)ccc1C)c1cc(F)ccc1C. The van der Waals surface area contributed by atoms with Gasteiger partial charge >= 0.3 is 0 Å². The number of hydrogen-bond acceptors (Lipinski definition) is 1. The molecule has 1 unspecified atom stereocenters. The van der Waals surface area contributed by atoms with Gasteiger partial charge in [-0.1, -0.05) is 36.8 Å². The smallest absolute Gasteiger partial charge is 0.123 e. The summed E-state index contributed by atoms with van der Waals surface area (Å²) in [4.78, 5) is 0. The predicted molar refractivity (Wildman–Crippen MR) is 87.2 cm³/mol. The lowest BCUT2D eigenvalue weighted by Gasteiger charge is -2.22. The summed E-state index contributed by atoms with van der Waals surface area (Å²) >= 11 is 0. The van der Waals surface area contributed by atoms with Crippen molar-refractivity contribution in [1.82, 2.24) is 5.32 Å². The second kappa shape index (κ2) is 6.86. The molecule has 0 saturated heterocycles. The molecule has 0 heterocycles. The summed E-state index contributed by atoms with van der Waals surface area (Å²) in [5, 5.41) is 3.50. The Kier molecular flexibility index (Phi) is 5.13. The van der Waals surface area contributed by atoms with Gasteiger partial charge in [0.15, 0.2) is 0 Å². The van der Waals surface area contributed by atoms with Crippen LogP contribution < -0.4 is 5.32 Å². The molecule has 0 amide bonds. The number of rotatable bonds is 5. The van der Waals surface area contributed by atoms with Crippen molar-refractivity contribution < 1.29 is 4.39 Å². The Morgan fingerprint density at radius 1 is 1.00 bits per heavy atom. The van der Waals surface area contributed by atoms with Gasteiger partial charge in [-0.05, 0) is 68.1 Å². The minimum atomic E-state index is -0.167. The van der Waals surface area contributed by atoms with E-state index in [1.165, 1.54) is 22.8 Å². The van der Waals surface area contributed by atoms with Crippen LogP contribution in [-0.2, 0) is 6.42 Å². The maximum atomic E-state index is 13.6. The maximum Gasteiger partial charge on any atom is 0.123 e. The highest BCUT2D eigenvalue weighted by atomic mass is 19.1. The van der Waals surface area contributed by atoms with Crippen LogP contribution in [0.15, 0.2) is 36.4 Å². The van der Waals surface area contributed by atoms with Crippen molar-refractivity contribution >= 4 is 0 Å². The summed E-state index contributed by atoms with van der Waals surface area (Å²) in [5.41, 5.74) is 6.06. The monoisotopic (exact) mass is 285 g/mol. The van der Waals surface area contributed by atoms with Gasteiger partial charge in [0.25, 0.3) is 0 Å². The molecule has 0 radical (unpaired) electrons. The summed E-state index contributed by atoms with van der Waals surface area (Å²) in [6, 6.07) is 11.7. The lowest BCUT2D eigenvalue weighted by atomic mass is 9.92. The van der Waals surface area contributed by atoms with Crippen molar-refractivity contribution in [2.45, 2.75) is 40.2 Å². The summed E-state index contributed by atoms with van der Waals surface area (Å²) in [7, 11) is 0. The molecule has 1 nitrogen and oxygen atoms in total. The Morgan fingerprint density at radius 3 is 2.43 bits per heavy atom. The van der Waals surface area contributed by atoms with Crippen LogP contribution in [0, 0.1) is 26.6 Å². The third kappa shape index (κ3) is 3.92. The molecule has 1 N–H and O–H groups in total. The molecule has 112 valence electrons. The molecule has 21 heavy (non-hydrogen) atoms. The summed E-state index contributed by atoms with van der Waals surface area (Å²) in [6.07, 6.45) is 0.881. The van der Waals surface area contributed by atoms with E-state index >= 15 is 0 Å². The van der Waals surface area contributed by atoms with Gasteiger partial charge in [-0.15, -0.1) is 0 Å². The van der Waals surface area contributed by atoms with Crippen molar-refractivity contribution in [3.8, 4) is 0 Å². The zero-order chi connectivity index (χ0) is 15.4. The Balaban J connectivity index is 2.35. The van der Waals surface area contributed by atoms with E-state index in [-0.39, 0.29) is 11.9 Å². The molecule has 2 heteroatoms. The predicted octanol–water partition coefficient (Wildman–Crippen LogP) is 4.64. The fourth-order valence-corrected chi connectivity index (χ4v) is 2.77. The van der Waals surface area contributed by atoms with Gasteiger partial charge in [-0.3, -0.25) is 0 Å². The first-order valence-corrected chi connectivity index (χ1v) is 7.56. The molecule has 0 spiro atoms. The molecule has 0 aromatic heterocycles. The Hall–Kier alpha value is -1.67. The quantitative estimate of drug-likeness (QED) is 0.843. The Morgan fingerprint density at radius 2 is 1.71 bits per heavy atom. The highest BCUT2D eigenvalue weighted by molar-refractivity contribution is 5.35. The lowest BCUT2D eigenvalue weighted by Crippen LogP contribution is -2.24. The molecule has 0 aliphatic rings. The van der Waals surface area contributed by atoms with Gasteiger partial charge in [-0.25, -0.2) is 4.39 Å². The molecule has 0 bridgehead atoms. The second-order valence-electron chi connectivity index (χ2n) is 5.75. The van der Waals surface area contributed by atoms with Gasteiger partial charge in [0.1, 0.15) is 5.82 Å². The van der Waals surface area contributed by atoms with Gasteiger partial charge in [0, 0.05) is 6.04 Å². The third-order valence-electron chi connectivity index (χ3n) is 4.00. The second-order valence-corrected chi connectivity index (χ2v) is 5.75. The fourth-order valence-electron chi connectivity index (χ4n) is 2.77. The fraction of sp³-hybridized carbons (Fsp3) is 0.368. The van der Waals surface area contributed by atoms with Crippen LogP contribution in [0.1, 0.15) is 40.8 Å². The molecular weight excluding hydrogens is 261 g/mol. The van der Waals surface area contributed by atoms with Crippen LogP contribution in [0.3, 0.4) is 0 Å². The average Bonchev–Trinajstić information content (AvgIpc) is 2.45. The van der Waals surface area contributed by atoms with E-state index in [0.717, 1.165) is 24.1 Å². The molecule has 0 aliphatic carbocycles. The minimum Gasteiger partial charge on any atom is -0.310 e. The van der Waals surface area contributed by atoms with Crippen molar-refractivity contribution in [2.24, 2.45) is 0 Å². The van der Waals surface area contributed by atoms with Crippen LogP contribution in [0.4, 0.5) is 4.39 Å². The molecule has 2 aromatic rings. The number of benzene rings is 2. The minimum absolute atomic E-state index is 0.145. The standard InChI is InChI=1S/C19H24FN/c1-5-21-19(18-12-17(20)9-8-15(18)4)11-16-10-13(2)6-7-14(16)3/h6-10,12,19,21H,5,11H2,1-4H3. The third-order valence-corrected chi connectivity index (χ3v) is 4.00. The van der Waals surface area contributed by atoms with Crippen LogP contribution >= 0.6 is 0 Å². The van der Waals surface area contributed by atoms with Gasteiger partial charge in [0.05, 0.1) is 0 Å². The molecule has 0 saturated carbocycles. The van der Waals surface area contributed by atoms with Crippen molar-refractivity contribution in [1.29, 1.82) is 0 Å². The summed E-state index contributed by atoms with van der Waals surface area (Å²) in [6.45, 7) is 9.24. The zero-order valence-corrected chi connectivity index (χ0v) is 13.3. The molecule has 2 rings (SSSR count). The number of halogens is 1. The largest absolute Gasteiger partial charge is 0.310 e. The average molecular weight is 285 g/mol. The highest BCUT2D eigenvalue weighted by Crippen LogP contribution is 2.24. The summed E-state index contributed by atoms with van der Waals surface area (Å²) < 4.78 is 13.6. The zero-order valence-electron chi connectivity index (χ0n) is 13.3. The molecule has 0 aliphatic heterocycles. The highest BCUT2D eigenvalue weighted by Gasteiger charge is 2.15. The van der Waals surface area contributed by atoms with E-state index in [1.807, 2.05) is 13.0 Å². The number of hydrogen-bond donors (Lipinski definition) is 1. The lowest BCUT2D eigenvalue weighted by molar-refractivity contribution is 0.539. The summed E-state index contributed by atoms with van der Waals surface area (Å²) in [5.74, 6) is -0.167. The molecule has 2 aromatic carbocycles. The van der Waals surface area contributed by atoms with Crippen LogP contribution in [0.5, 0.6) is 0 Å². The topological polar surface area (TPSA) is 12.0 Å². The van der Waals surface area contributed by atoms with Gasteiger partial charge in [-0.2, -0.15) is 0 Å². The first kappa shape index (κ1) is 15.7. The van der Waals surface area contributed by atoms with Crippen molar-refractivity contribution in [3.05, 3.63) is 70.0 Å². The van der Waals surface area contributed by atoms with E-state index in [2.05, 4.69) is 44.3 Å². The van der Waals surface area contributed by atoms with E-state index < -0.39 is 0 Å². The van der Waals surface area contributed by atoms with Crippen molar-refractivity contribution in [3.63, 3.8) is 0 Å². The van der Waals surface area contributed by atoms with E-state index in [4.69, 9.17) is 0 Å². The molecular formula is C19H24FN. The van der Waals surface area contributed by atoms with Crippen LogP contribution in [-0.4, -0.2) is 6.54 Å². The Labute approximate surface area is 127 Å². The first-order valence-electron chi connectivity index (χ1n) is 7.56. The number of nitrogens with one attached hydrogen (secondary N) is 1. The maximum absolute atomic E-state index is 13.6. The van der Waals surface area contributed by atoms with Crippen LogP contribution in [0.25, 0.3) is 0 Å². The molecule has 0 fully saturated rings. The van der Waals surface area contributed by atoms with Gasteiger partial charge < -0.3 is 5.32 Å². The number of aryl methyl sites for hydroxylation is 3. The Bertz CT molecular complexity index is 619. The van der Waals surface area contributed by atoms with E-state index in [9.17, 15) is 4.39 Å². The first-order chi connectivity index (χ1) is 10.0. The van der Waals surface area contributed by atoms with Crippen LogP contribution in [0.2, 0.25) is 0 Å². The van der Waals surface area contributed by atoms with E-state index in [1.54, 1.807) is 6.07 Å². The van der Waals surface area contributed by atoms with Gasteiger partial charge in [0.2, 0.25) is 0 Å². The van der Waals surface area contributed by atoms with E-state index in [0.29, 0.717) is 0 Å². The normalized spacial score (nSPS) is 12.4.